The molecule has 1 N–H and O–H groups in total. The molecule has 2 heterocycles. The molecule has 1 fully saturated rings. The molecule has 19 heavy (non-hydrogen) atoms. The Bertz CT molecular complexity index is 380. The minimum absolute atomic E-state index is 0.321. The first-order chi connectivity index (χ1) is 9.31. The Kier molecular flexibility index (Phi) is 6.08. The summed E-state index contributed by atoms with van der Waals surface area (Å²) in [6.07, 6.45) is 9.88. The monoisotopic (exact) mass is 282 g/mol. The first-order valence-electron chi connectivity index (χ1n) is 7.25. The van der Waals surface area contributed by atoms with E-state index < -0.39 is 0 Å². The van der Waals surface area contributed by atoms with E-state index in [1.807, 2.05) is 12.3 Å². The van der Waals surface area contributed by atoms with Gasteiger partial charge in [-0.05, 0) is 50.3 Å². The molecule has 0 amide bonds. The highest BCUT2D eigenvalue weighted by atomic mass is 35.5. The summed E-state index contributed by atoms with van der Waals surface area (Å²) in [6, 6.07) is 2.34. The summed E-state index contributed by atoms with van der Waals surface area (Å²) in [7, 11) is 0. The van der Waals surface area contributed by atoms with Crippen LogP contribution in [0.3, 0.4) is 0 Å². The molecule has 0 radical (unpaired) electrons. The average molecular weight is 283 g/mol. The molecule has 2 unspecified atom stereocenters. The Balaban J connectivity index is 1.87. The molecular formula is C15H23ClN2O. The van der Waals surface area contributed by atoms with E-state index in [4.69, 9.17) is 16.3 Å². The van der Waals surface area contributed by atoms with Crippen molar-refractivity contribution in [1.82, 2.24) is 10.3 Å². The van der Waals surface area contributed by atoms with Crippen molar-refractivity contribution in [3.8, 4) is 0 Å². The molecule has 2 rings (SSSR count). The van der Waals surface area contributed by atoms with E-state index in [0.29, 0.717) is 12.1 Å². The zero-order valence-electron chi connectivity index (χ0n) is 11.6. The Morgan fingerprint density at radius 3 is 3.16 bits per heavy atom. The van der Waals surface area contributed by atoms with Crippen LogP contribution in [0.25, 0.3) is 0 Å². The third-order valence-corrected chi connectivity index (χ3v) is 3.99. The number of nitrogens with zero attached hydrogens (tertiary/aromatic N) is 1. The van der Waals surface area contributed by atoms with Gasteiger partial charge in [-0.25, -0.2) is 0 Å². The number of hydrogen-bond donors (Lipinski definition) is 1. The lowest BCUT2D eigenvalue weighted by molar-refractivity contribution is 0.101. The van der Waals surface area contributed by atoms with E-state index in [1.54, 1.807) is 6.20 Å². The number of nitrogens with one attached hydrogen (secondary N) is 1. The van der Waals surface area contributed by atoms with Crippen LogP contribution in [0.5, 0.6) is 0 Å². The van der Waals surface area contributed by atoms with Crippen molar-refractivity contribution in [2.45, 2.75) is 51.2 Å². The minimum atomic E-state index is 0.321. The highest BCUT2D eigenvalue weighted by Gasteiger charge is 2.17. The largest absolute Gasteiger partial charge is 0.378 e. The van der Waals surface area contributed by atoms with Gasteiger partial charge < -0.3 is 10.1 Å². The molecular weight excluding hydrogens is 260 g/mol. The molecule has 0 saturated carbocycles. The summed E-state index contributed by atoms with van der Waals surface area (Å²) >= 11 is 6.23. The Hall–Kier alpha value is -0.640. The molecule has 0 spiro atoms. The van der Waals surface area contributed by atoms with Gasteiger partial charge in [-0.2, -0.15) is 0 Å². The lowest BCUT2D eigenvalue weighted by Crippen LogP contribution is -2.21. The summed E-state index contributed by atoms with van der Waals surface area (Å²) in [5.41, 5.74) is 1.16. The molecule has 2 atom stereocenters. The summed E-state index contributed by atoms with van der Waals surface area (Å²) in [5.74, 6) is 0. The maximum absolute atomic E-state index is 6.23. The standard InChI is InChI=1S/C15H23ClN2O/c1-2-18-15(13-8-9-17-11-14(13)16)7-3-5-12-6-4-10-19-12/h8-9,11-12,15,18H,2-7,10H2,1H3. The van der Waals surface area contributed by atoms with Gasteiger partial charge in [0.2, 0.25) is 0 Å². The van der Waals surface area contributed by atoms with Crippen molar-refractivity contribution in [3.63, 3.8) is 0 Å². The SMILES string of the molecule is CCNC(CCCC1CCCO1)c1ccncc1Cl. The van der Waals surface area contributed by atoms with Crippen LogP contribution in [0.4, 0.5) is 0 Å². The van der Waals surface area contributed by atoms with E-state index in [1.165, 1.54) is 19.3 Å². The van der Waals surface area contributed by atoms with Crippen molar-refractivity contribution in [2.75, 3.05) is 13.2 Å². The molecule has 3 nitrogen and oxygen atoms in total. The molecule has 0 aliphatic carbocycles. The number of rotatable bonds is 7. The first-order valence-corrected chi connectivity index (χ1v) is 7.63. The molecule has 1 aromatic rings. The second kappa shape index (κ2) is 7.83. The lowest BCUT2D eigenvalue weighted by atomic mass is 10.00. The predicted octanol–water partition coefficient (Wildman–Crippen LogP) is 3.73. The number of ether oxygens (including phenoxy) is 1. The maximum atomic E-state index is 6.23. The Morgan fingerprint density at radius 1 is 1.58 bits per heavy atom. The van der Waals surface area contributed by atoms with Crippen molar-refractivity contribution < 1.29 is 4.74 Å². The van der Waals surface area contributed by atoms with Crippen LogP contribution < -0.4 is 5.32 Å². The van der Waals surface area contributed by atoms with Crippen LogP contribution in [0.2, 0.25) is 5.02 Å². The molecule has 0 bridgehead atoms. The molecule has 0 aromatic carbocycles. The van der Waals surface area contributed by atoms with E-state index >= 15 is 0 Å². The van der Waals surface area contributed by atoms with E-state index in [9.17, 15) is 0 Å². The predicted molar refractivity (Wildman–Crippen MR) is 78.5 cm³/mol. The molecule has 4 heteroatoms. The zero-order valence-corrected chi connectivity index (χ0v) is 12.3. The zero-order chi connectivity index (χ0) is 13.5. The highest BCUT2D eigenvalue weighted by molar-refractivity contribution is 6.31. The minimum Gasteiger partial charge on any atom is -0.378 e. The van der Waals surface area contributed by atoms with E-state index in [-0.39, 0.29) is 0 Å². The van der Waals surface area contributed by atoms with Gasteiger partial charge in [-0.3, -0.25) is 4.98 Å². The second-order valence-electron chi connectivity index (χ2n) is 5.07. The van der Waals surface area contributed by atoms with E-state index in [2.05, 4.69) is 17.2 Å². The van der Waals surface area contributed by atoms with Crippen molar-refractivity contribution in [1.29, 1.82) is 0 Å². The smallest absolute Gasteiger partial charge is 0.0637 e. The van der Waals surface area contributed by atoms with Crippen molar-refractivity contribution >= 4 is 11.6 Å². The van der Waals surface area contributed by atoms with Gasteiger partial charge in [0.1, 0.15) is 0 Å². The van der Waals surface area contributed by atoms with Gasteiger partial charge in [0.25, 0.3) is 0 Å². The van der Waals surface area contributed by atoms with Crippen LogP contribution in [-0.2, 0) is 4.74 Å². The molecule has 106 valence electrons. The average Bonchev–Trinajstić information content (AvgIpc) is 2.92. The third-order valence-electron chi connectivity index (χ3n) is 3.67. The van der Waals surface area contributed by atoms with Gasteiger partial charge in [-0.15, -0.1) is 0 Å². The van der Waals surface area contributed by atoms with Gasteiger partial charge in [0.15, 0.2) is 0 Å². The topological polar surface area (TPSA) is 34.1 Å². The fraction of sp³-hybridized carbons (Fsp3) is 0.667. The molecule has 1 aliphatic heterocycles. The molecule has 1 saturated heterocycles. The fourth-order valence-corrected chi connectivity index (χ4v) is 2.96. The van der Waals surface area contributed by atoms with Crippen LogP contribution in [0.15, 0.2) is 18.5 Å². The molecule has 1 aromatic heterocycles. The van der Waals surface area contributed by atoms with Gasteiger partial charge in [0.05, 0.1) is 11.1 Å². The van der Waals surface area contributed by atoms with Crippen molar-refractivity contribution in [3.05, 3.63) is 29.0 Å². The number of hydrogen-bond acceptors (Lipinski definition) is 3. The quantitative estimate of drug-likeness (QED) is 0.827. The first kappa shape index (κ1) is 14.8. The maximum Gasteiger partial charge on any atom is 0.0637 e. The summed E-state index contributed by atoms with van der Waals surface area (Å²) < 4.78 is 5.67. The van der Waals surface area contributed by atoms with Gasteiger partial charge in [0, 0.05) is 25.0 Å². The Morgan fingerprint density at radius 2 is 2.47 bits per heavy atom. The van der Waals surface area contributed by atoms with Crippen LogP contribution >= 0.6 is 11.6 Å². The van der Waals surface area contributed by atoms with Gasteiger partial charge >= 0.3 is 0 Å². The van der Waals surface area contributed by atoms with Crippen LogP contribution in [0, 0.1) is 0 Å². The highest BCUT2D eigenvalue weighted by Crippen LogP contribution is 2.27. The number of halogens is 1. The summed E-state index contributed by atoms with van der Waals surface area (Å²) in [4.78, 5) is 4.05. The van der Waals surface area contributed by atoms with Gasteiger partial charge in [-0.1, -0.05) is 18.5 Å². The number of pyridine rings is 1. The van der Waals surface area contributed by atoms with E-state index in [0.717, 1.165) is 36.6 Å². The number of aromatic nitrogens is 1. The Labute approximate surface area is 120 Å². The fourth-order valence-electron chi connectivity index (χ4n) is 2.70. The van der Waals surface area contributed by atoms with Crippen LogP contribution in [0.1, 0.15) is 50.6 Å². The molecule has 1 aliphatic rings. The second-order valence-corrected chi connectivity index (χ2v) is 5.48. The van der Waals surface area contributed by atoms with Crippen LogP contribution in [-0.4, -0.2) is 24.2 Å². The van der Waals surface area contributed by atoms with Crippen molar-refractivity contribution in [2.24, 2.45) is 0 Å². The summed E-state index contributed by atoms with van der Waals surface area (Å²) in [5, 5.41) is 4.27. The lowest BCUT2D eigenvalue weighted by Gasteiger charge is -2.20. The summed E-state index contributed by atoms with van der Waals surface area (Å²) in [6.45, 7) is 4.02. The normalized spacial score (nSPS) is 20.6. The third kappa shape index (κ3) is 4.44.